The van der Waals surface area contributed by atoms with Crippen molar-refractivity contribution in [2.45, 2.75) is 13.1 Å². The molecule has 0 spiro atoms. The lowest BCUT2D eigenvalue weighted by Gasteiger charge is -2.12. The van der Waals surface area contributed by atoms with Crippen molar-refractivity contribution in [2.75, 3.05) is 0 Å². The molecule has 6 heteroatoms. The summed E-state index contributed by atoms with van der Waals surface area (Å²) in [5.74, 6) is 0.154. The van der Waals surface area contributed by atoms with Gasteiger partial charge >= 0.3 is 6.18 Å². The number of ether oxygens (including phenoxy) is 1. The van der Waals surface area contributed by atoms with Crippen LogP contribution in [0.15, 0.2) is 36.4 Å². The Morgan fingerprint density at radius 1 is 1.14 bits per heavy atom. The summed E-state index contributed by atoms with van der Waals surface area (Å²) in [6.07, 6.45) is -4.06. The van der Waals surface area contributed by atoms with E-state index in [0.29, 0.717) is 22.6 Å². The highest BCUT2D eigenvalue weighted by atomic mass is 35.5. The van der Waals surface area contributed by atoms with Crippen molar-refractivity contribution in [3.05, 3.63) is 58.1 Å². The topological polar surface area (TPSA) is 26.3 Å². The first-order valence-electron chi connectivity index (χ1n) is 5.91. The molecule has 0 unspecified atom stereocenters. The van der Waals surface area contributed by atoms with E-state index in [0.717, 1.165) is 18.2 Å². The van der Waals surface area contributed by atoms with Crippen molar-refractivity contribution in [2.24, 2.45) is 0 Å². The van der Waals surface area contributed by atoms with Gasteiger partial charge in [-0.25, -0.2) is 0 Å². The fourth-order valence-electron chi connectivity index (χ4n) is 1.70. The molecular weight excluding hydrogens is 305 g/mol. The molecule has 0 radical (unpaired) electrons. The second-order valence-electron chi connectivity index (χ2n) is 4.38. The summed E-state index contributed by atoms with van der Waals surface area (Å²) < 4.78 is 43.5. The number of hydrogen-bond donors (Lipinski definition) is 0. The van der Waals surface area contributed by atoms with Crippen molar-refractivity contribution in [3.63, 3.8) is 0 Å². The highest BCUT2D eigenvalue weighted by Crippen LogP contribution is 2.35. The summed E-state index contributed by atoms with van der Waals surface area (Å²) in [6, 6.07) is 7.38. The van der Waals surface area contributed by atoms with Gasteiger partial charge in [0.25, 0.3) is 0 Å². The number of aldehydes is 1. The van der Waals surface area contributed by atoms with E-state index in [1.807, 2.05) is 0 Å². The third-order valence-electron chi connectivity index (χ3n) is 2.83. The zero-order valence-electron chi connectivity index (χ0n) is 10.9. The Morgan fingerprint density at radius 2 is 1.86 bits per heavy atom. The van der Waals surface area contributed by atoms with Crippen molar-refractivity contribution < 1.29 is 22.7 Å². The van der Waals surface area contributed by atoms with E-state index in [1.54, 1.807) is 19.1 Å². The first-order chi connectivity index (χ1) is 9.81. The number of carbonyl (C=O) groups is 1. The van der Waals surface area contributed by atoms with Crippen molar-refractivity contribution in [3.8, 4) is 11.5 Å². The average molecular weight is 315 g/mol. The maximum Gasteiger partial charge on any atom is 0.416 e. The van der Waals surface area contributed by atoms with Crippen LogP contribution in [-0.2, 0) is 6.18 Å². The van der Waals surface area contributed by atoms with E-state index in [1.165, 1.54) is 6.07 Å². The van der Waals surface area contributed by atoms with Gasteiger partial charge in [-0.3, -0.25) is 4.79 Å². The average Bonchev–Trinajstić information content (AvgIpc) is 2.42. The Bertz CT molecular complexity index is 681. The summed E-state index contributed by atoms with van der Waals surface area (Å²) in [6.45, 7) is 1.74. The van der Waals surface area contributed by atoms with Crippen LogP contribution in [0.4, 0.5) is 13.2 Å². The summed E-state index contributed by atoms with van der Waals surface area (Å²) >= 11 is 5.87. The Hall–Kier alpha value is -2.01. The van der Waals surface area contributed by atoms with Gasteiger partial charge < -0.3 is 4.74 Å². The van der Waals surface area contributed by atoms with E-state index in [2.05, 4.69) is 0 Å². The van der Waals surface area contributed by atoms with Gasteiger partial charge in [0.05, 0.1) is 11.1 Å². The predicted molar refractivity (Wildman–Crippen MR) is 73.1 cm³/mol. The van der Waals surface area contributed by atoms with Gasteiger partial charge in [-0.2, -0.15) is 13.2 Å². The lowest BCUT2D eigenvalue weighted by atomic mass is 10.1. The minimum Gasteiger partial charge on any atom is -0.457 e. The van der Waals surface area contributed by atoms with Crippen molar-refractivity contribution in [1.29, 1.82) is 0 Å². The third-order valence-corrected chi connectivity index (χ3v) is 3.25. The van der Waals surface area contributed by atoms with Gasteiger partial charge in [0.15, 0.2) is 6.29 Å². The predicted octanol–water partition coefficient (Wildman–Crippen LogP) is 5.27. The van der Waals surface area contributed by atoms with Crippen molar-refractivity contribution in [1.82, 2.24) is 0 Å². The molecule has 0 saturated carbocycles. The zero-order chi connectivity index (χ0) is 15.6. The molecule has 0 heterocycles. The highest BCUT2D eigenvalue weighted by molar-refractivity contribution is 6.31. The Kier molecular flexibility index (Phi) is 4.23. The number of aryl methyl sites for hydroxylation is 1. The maximum atomic E-state index is 12.7. The molecule has 0 amide bonds. The summed E-state index contributed by atoms with van der Waals surface area (Å²) in [4.78, 5) is 10.9. The minimum absolute atomic E-state index is 0.0376. The largest absolute Gasteiger partial charge is 0.457 e. The van der Waals surface area contributed by atoms with E-state index in [4.69, 9.17) is 16.3 Å². The smallest absolute Gasteiger partial charge is 0.416 e. The lowest BCUT2D eigenvalue weighted by Crippen LogP contribution is -2.05. The maximum absolute atomic E-state index is 12.7. The Balaban J connectivity index is 2.41. The van der Waals surface area contributed by atoms with Gasteiger partial charge in [0.1, 0.15) is 11.5 Å². The number of halogens is 4. The zero-order valence-corrected chi connectivity index (χ0v) is 11.6. The molecule has 0 atom stereocenters. The molecule has 2 aromatic rings. The van der Waals surface area contributed by atoms with Crippen LogP contribution in [0.2, 0.25) is 5.02 Å². The normalized spacial score (nSPS) is 11.3. The van der Waals surface area contributed by atoms with Crippen LogP contribution in [-0.4, -0.2) is 6.29 Å². The number of benzene rings is 2. The monoisotopic (exact) mass is 314 g/mol. The molecule has 0 bridgehead atoms. The SMILES string of the molecule is Cc1cc(Oc2cc(C(F)(F)F)ccc2C=O)ccc1Cl. The van der Waals surface area contributed by atoms with Crippen LogP contribution >= 0.6 is 11.6 Å². The fourth-order valence-corrected chi connectivity index (χ4v) is 1.82. The fraction of sp³-hybridized carbons (Fsp3) is 0.133. The molecule has 0 aliphatic carbocycles. The molecule has 2 nitrogen and oxygen atoms in total. The van der Waals surface area contributed by atoms with Gasteiger partial charge in [0, 0.05) is 5.02 Å². The summed E-state index contributed by atoms with van der Waals surface area (Å²) in [5.41, 5.74) is -0.127. The molecule has 0 fully saturated rings. The van der Waals surface area contributed by atoms with Crippen LogP contribution in [0.25, 0.3) is 0 Å². The van der Waals surface area contributed by atoms with Crippen LogP contribution in [0.3, 0.4) is 0 Å². The van der Waals surface area contributed by atoms with E-state index < -0.39 is 11.7 Å². The van der Waals surface area contributed by atoms with E-state index in [9.17, 15) is 18.0 Å². The van der Waals surface area contributed by atoms with Crippen LogP contribution < -0.4 is 4.74 Å². The van der Waals surface area contributed by atoms with Gasteiger partial charge in [-0.05, 0) is 48.9 Å². The second-order valence-corrected chi connectivity index (χ2v) is 4.79. The molecule has 110 valence electrons. The summed E-state index contributed by atoms with van der Waals surface area (Å²) in [7, 11) is 0. The highest BCUT2D eigenvalue weighted by Gasteiger charge is 2.31. The molecule has 0 N–H and O–H groups in total. The van der Waals surface area contributed by atoms with Gasteiger partial charge in [-0.15, -0.1) is 0 Å². The van der Waals surface area contributed by atoms with Gasteiger partial charge in [-0.1, -0.05) is 11.6 Å². The molecule has 21 heavy (non-hydrogen) atoms. The van der Waals surface area contributed by atoms with E-state index >= 15 is 0 Å². The molecule has 0 aliphatic heterocycles. The number of rotatable bonds is 3. The number of carbonyl (C=O) groups excluding carboxylic acids is 1. The van der Waals surface area contributed by atoms with Crippen molar-refractivity contribution >= 4 is 17.9 Å². The van der Waals surface area contributed by atoms with Crippen LogP contribution in [0, 0.1) is 6.92 Å². The third kappa shape index (κ3) is 3.55. The Morgan fingerprint density at radius 3 is 2.43 bits per heavy atom. The minimum atomic E-state index is -4.50. The number of hydrogen-bond acceptors (Lipinski definition) is 2. The molecule has 0 aliphatic rings. The second kappa shape index (κ2) is 5.77. The van der Waals surface area contributed by atoms with Gasteiger partial charge in [0.2, 0.25) is 0 Å². The first kappa shape index (κ1) is 15.4. The molecule has 2 aromatic carbocycles. The molecule has 0 aromatic heterocycles. The molecular formula is C15H10ClF3O2. The van der Waals surface area contributed by atoms with Crippen LogP contribution in [0.5, 0.6) is 11.5 Å². The standard InChI is InChI=1S/C15H10ClF3O2/c1-9-6-12(4-5-13(9)16)21-14-7-11(15(17,18)19)3-2-10(14)8-20/h2-8H,1H3. The Labute approximate surface area is 124 Å². The molecule has 0 saturated heterocycles. The summed E-state index contributed by atoms with van der Waals surface area (Å²) in [5, 5.41) is 0.516. The van der Waals surface area contributed by atoms with E-state index in [-0.39, 0.29) is 11.3 Å². The first-order valence-corrected chi connectivity index (χ1v) is 6.29. The number of alkyl halides is 3. The van der Waals surface area contributed by atoms with Crippen LogP contribution in [0.1, 0.15) is 21.5 Å². The molecule has 2 rings (SSSR count). The lowest BCUT2D eigenvalue weighted by molar-refractivity contribution is -0.137. The quantitative estimate of drug-likeness (QED) is 0.721.